The summed E-state index contributed by atoms with van der Waals surface area (Å²) in [4.78, 5) is 29.5. The number of thioether (sulfide) groups is 1. The fraction of sp³-hybridized carbons (Fsp3) is 0.273. The summed E-state index contributed by atoms with van der Waals surface area (Å²) < 4.78 is 20.8. The van der Waals surface area contributed by atoms with Gasteiger partial charge in [0.15, 0.2) is 17.6 Å². The van der Waals surface area contributed by atoms with Crippen LogP contribution in [0.15, 0.2) is 52.1 Å². The van der Waals surface area contributed by atoms with Crippen LogP contribution in [0.5, 0.6) is 11.5 Å². The Balaban J connectivity index is 1.63. The lowest BCUT2D eigenvalue weighted by molar-refractivity contribution is -0.123. The normalized spacial score (nSPS) is 11.5. The highest BCUT2D eigenvalue weighted by atomic mass is 32.2. The number of nitrogens with zero attached hydrogens (tertiary/aromatic N) is 2. The van der Waals surface area contributed by atoms with Crippen LogP contribution in [-0.2, 0) is 15.3 Å². The number of esters is 1. The van der Waals surface area contributed by atoms with Crippen LogP contribution in [0.3, 0.4) is 0 Å². The van der Waals surface area contributed by atoms with E-state index in [0.717, 1.165) is 5.69 Å². The number of carbonyl (C=O) groups excluding carboxylic acids is 2. The van der Waals surface area contributed by atoms with Crippen LogP contribution in [0.4, 0.5) is 5.69 Å². The minimum atomic E-state index is -1.04. The summed E-state index contributed by atoms with van der Waals surface area (Å²) in [6.07, 6.45) is 0.548. The number of aromatic nitrogens is 2. The molecule has 1 amide bonds. The Morgan fingerprint density at radius 3 is 2.62 bits per heavy atom. The van der Waals surface area contributed by atoms with E-state index >= 15 is 0 Å². The third kappa shape index (κ3) is 5.79. The van der Waals surface area contributed by atoms with Crippen molar-refractivity contribution in [1.29, 1.82) is 0 Å². The first-order valence-corrected chi connectivity index (χ1v) is 10.6. The van der Waals surface area contributed by atoms with Crippen molar-refractivity contribution in [2.75, 3.05) is 19.5 Å². The molecule has 0 radical (unpaired) electrons. The summed E-state index contributed by atoms with van der Waals surface area (Å²) in [7, 11) is 3.02. The molecule has 0 aliphatic rings. The van der Waals surface area contributed by atoms with Gasteiger partial charge in [0.05, 0.1) is 25.5 Å². The standard InChI is InChI=1S/C22H23N3O6S/c1-13-10-16(25-31-13)12-32-21-17(6-5-9-23-21)22(27)30-14(2)20(26)24-15-7-8-18(28-3)19(11-15)29-4/h5-11,14H,12H2,1-4H3,(H,24,26). The van der Waals surface area contributed by atoms with Crippen LogP contribution >= 0.6 is 11.8 Å². The molecular weight excluding hydrogens is 434 g/mol. The third-order valence-corrected chi connectivity index (χ3v) is 5.37. The lowest BCUT2D eigenvalue weighted by Crippen LogP contribution is -2.30. The highest BCUT2D eigenvalue weighted by Crippen LogP contribution is 2.30. The summed E-state index contributed by atoms with van der Waals surface area (Å²) in [5, 5.41) is 7.10. The number of amides is 1. The van der Waals surface area contributed by atoms with Crippen molar-refractivity contribution in [3.8, 4) is 11.5 Å². The van der Waals surface area contributed by atoms with Crippen molar-refractivity contribution in [3.63, 3.8) is 0 Å². The van der Waals surface area contributed by atoms with E-state index < -0.39 is 18.0 Å². The van der Waals surface area contributed by atoms with Crippen molar-refractivity contribution >= 4 is 29.3 Å². The molecule has 1 atom stereocenters. The van der Waals surface area contributed by atoms with Gasteiger partial charge < -0.3 is 24.1 Å². The van der Waals surface area contributed by atoms with Crippen molar-refractivity contribution in [1.82, 2.24) is 10.1 Å². The predicted molar refractivity (Wildman–Crippen MR) is 118 cm³/mol. The molecule has 1 aromatic carbocycles. The molecule has 0 fully saturated rings. The number of hydrogen-bond donors (Lipinski definition) is 1. The van der Waals surface area contributed by atoms with Gasteiger partial charge in [0.1, 0.15) is 10.8 Å². The number of anilines is 1. The van der Waals surface area contributed by atoms with Crippen molar-refractivity contribution in [2.45, 2.75) is 30.7 Å². The molecular formula is C22H23N3O6S. The SMILES string of the molecule is COc1ccc(NC(=O)C(C)OC(=O)c2cccnc2SCc2cc(C)on2)cc1OC. The molecule has 0 saturated heterocycles. The van der Waals surface area contributed by atoms with Gasteiger partial charge in [0, 0.05) is 29.8 Å². The minimum absolute atomic E-state index is 0.267. The van der Waals surface area contributed by atoms with Crippen molar-refractivity contribution in [2.24, 2.45) is 0 Å². The summed E-state index contributed by atoms with van der Waals surface area (Å²) in [5.74, 6) is 1.05. The number of benzene rings is 1. The Bertz CT molecular complexity index is 1100. The molecule has 0 spiro atoms. The molecule has 1 unspecified atom stereocenters. The molecule has 2 heterocycles. The summed E-state index contributed by atoms with van der Waals surface area (Å²) >= 11 is 1.33. The number of rotatable bonds is 9. The first-order valence-electron chi connectivity index (χ1n) is 9.65. The molecule has 10 heteroatoms. The van der Waals surface area contributed by atoms with Crippen LogP contribution in [0, 0.1) is 6.92 Å². The van der Waals surface area contributed by atoms with E-state index in [4.69, 9.17) is 18.7 Å². The van der Waals surface area contributed by atoms with Gasteiger partial charge in [0.25, 0.3) is 5.91 Å². The quantitative estimate of drug-likeness (QED) is 0.378. The summed E-state index contributed by atoms with van der Waals surface area (Å²) in [5.41, 5.74) is 1.49. The van der Waals surface area contributed by atoms with Crippen LogP contribution < -0.4 is 14.8 Å². The van der Waals surface area contributed by atoms with Gasteiger partial charge in [-0.2, -0.15) is 0 Å². The molecule has 9 nitrogen and oxygen atoms in total. The molecule has 2 aromatic heterocycles. The van der Waals surface area contributed by atoms with E-state index in [2.05, 4.69) is 15.5 Å². The number of aryl methyl sites for hydroxylation is 1. The molecule has 3 aromatic rings. The lowest BCUT2D eigenvalue weighted by atomic mass is 10.2. The van der Waals surface area contributed by atoms with Crippen LogP contribution in [0.2, 0.25) is 0 Å². The molecule has 0 bridgehead atoms. The van der Waals surface area contributed by atoms with Gasteiger partial charge in [-0.1, -0.05) is 16.9 Å². The topological polar surface area (TPSA) is 113 Å². The van der Waals surface area contributed by atoms with E-state index in [0.29, 0.717) is 33.7 Å². The molecule has 0 aliphatic carbocycles. The molecule has 32 heavy (non-hydrogen) atoms. The van der Waals surface area contributed by atoms with E-state index in [1.165, 1.54) is 32.9 Å². The second kappa shape index (κ2) is 10.7. The average Bonchev–Trinajstić information content (AvgIpc) is 3.22. The molecule has 0 aliphatic heterocycles. The molecule has 3 rings (SSSR count). The Kier molecular flexibility index (Phi) is 7.72. The van der Waals surface area contributed by atoms with E-state index in [1.807, 2.05) is 6.07 Å². The van der Waals surface area contributed by atoms with Gasteiger partial charge in [-0.05, 0) is 38.1 Å². The number of carbonyl (C=O) groups is 2. The number of methoxy groups -OCH3 is 2. The maximum absolute atomic E-state index is 12.7. The maximum atomic E-state index is 12.7. The minimum Gasteiger partial charge on any atom is -0.493 e. The largest absolute Gasteiger partial charge is 0.493 e. The Morgan fingerprint density at radius 2 is 1.94 bits per heavy atom. The van der Waals surface area contributed by atoms with Crippen LogP contribution in [-0.4, -0.2) is 42.3 Å². The fourth-order valence-corrected chi connectivity index (χ4v) is 3.59. The second-order valence-corrected chi connectivity index (χ2v) is 7.64. The molecule has 168 valence electrons. The summed E-state index contributed by atoms with van der Waals surface area (Å²) in [6, 6.07) is 10.00. The fourth-order valence-electron chi connectivity index (χ4n) is 2.72. The first kappa shape index (κ1) is 23.1. The van der Waals surface area contributed by atoms with Crippen molar-refractivity contribution < 1.29 is 28.3 Å². The Labute approximate surface area is 189 Å². The highest BCUT2D eigenvalue weighted by Gasteiger charge is 2.22. The molecule has 1 N–H and O–H groups in total. The van der Waals surface area contributed by atoms with Crippen LogP contribution in [0.25, 0.3) is 0 Å². The highest BCUT2D eigenvalue weighted by molar-refractivity contribution is 7.98. The van der Waals surface area contributed by atoms with Crippen LogP contribution in [0.1, 0.15) is 28.7 Å². The lowest BCUT2D eigenvalue weighted by Gasteiger charge is -2.15. The molecule has 0 saturated carbocycles. The first-order chi connectivity index (χ1) is 15.4. The Morgan fingerprint density at radius 1 is 1.16 bits per heavy atom. The van der Waals surface area contributed by atoms with Crippen molar-refractivity contribution in [3.05, 3.63) is 59.6 Å². The van der Waals surface area contributed by atoms with E-state index in [9.17, 15) is 9.59 Å². The van der Waals surface area contributed by atoms with Gasteiger partial charge in [-0.25, -0.2) is 9.78 Å². The van der Waals surface area contributed by atoms with Gasteiger partial charge in [-0.3, -0.25) is 4.79 Å². The average molecular weight is 458 g/mol. The number of hydrogen-bond acceptors (Lipinski definition) is 9. The van der Waals surface area contributed by atoms with E-state index in [1.54, 1.807) is 43.5 Å². The van der Waals surface area contributed by atoms with E-state index in [-0.39, 0.29) is 5.56 Å². The zero-order chi connectivity index (χ0) is 23.1. The monoisotopic (exact) mass is 457 g/mol. The number of ether oxygens (including phenoxy) is 3. The third-order valence-electron chi connectivity index (χ3n) is 4.33. The van der Waals surface area contributed by atoms with Gasteiger partial charge in [-0.15, -0.1) is 0 Å². The van der Waals surface area contributed by atoms with Gasteiger partial charge in [0.2, 0.25) is 0 Å². The van der Waals surface area contributed by atoms with Gasteiger partial charge >= 0.3 is 5.97 Å². The maximum Gasteiger partial charge on any atom is 0.341 e. The smallest absolute Gasteiger partial charge is 0.341 e. The summed E-state index contributed by atoms with van der Waals surface area (Å²) in [6.45, 7) is 3.30. The number of nitrogens with one attached hydrogen (secondary N) is 1. The predicted octanol–water partition coefficient (Wildman–Crippen LogP) is 3.87. The second-order valence-electron chi connectivity index (χ2n) is 6.68. The zero-order valence-corrected chi connectivity index (χ0v) is 18.9. The Hall–Kier alpha value is -3.53. The zero-order valence-electron chi connectivity index (χ0n) is 18.1. The number of pyridine rings is 1.